The quantitative estimate of drug-likeness (QED) is 0.517. The predicted molar refractivity (Wildman–Crippen MR) is 133 cm³/mol. The highest BCUT2D eigenvalue weighted by Gasteiger charge is 2.44. The number of hydrogen-bond acceptors (Lipinski definition) is 4. The second kappa shape index (κ2) is 11.1. The van der Waals surface area contributed by atoms with Gasteiger partial charge in [0.1, 0.15) is 5.75 Å². The number of likely N-dealkylation sites (tertiary alicyclic amines) is 1. The third kappa shape index (κ3) is 5.93. The zero-order valence-electron chi connectivity index (χ0n) is 18.1. The summed E-state index contributed by atoms with van der Waals surface area (Å²) >= 11 is 18.1. The van der Waals surface area contributed by atoms with E-state index in [-0.39, 0.29) is 39.4 Å². The highest BCUT2D eigenvalue weighted by Crippen LogP contribution is 2.39. The Morgan fingerprint density at radius 3 is 2.50 bits per heavy atom. The van der Waals surface area contributed by atoms with Gasteiger partial charge in [-0.1, -0.05) is 46.9 Å². The highest BCUT2D eigenvalue weighted by atomic mass is 35.5. The number of hydrogen-bond donors (Lipinski definition) is 2. The van der Waals surface area contributed by atoms with Crippen molar-refractivity contribution < 1.29 is 14.6 Å². The Morgan fingerprint density at radius 1 is 1.25 bits per heavy atom. The molecular formula is C22H27Cl4N3O3. The maximum atomic E-state index is 12.9. The molecule has 2 N–H and O–H groups in total. The van der Waals surface area contributed by atoms with Crippen LogP contribution in [0, 0.1) is 5.92 Å². The number of rotatable bonds is 5. The van der Waals surface area contributed by atoms with Gasteiger partial charge in [-0.2, -0.15) is 0 Å². The van der Waals surface area contributed by atoms with Crippen LogP contribution in [0.5, 0.6) is 5.75 Å². The SMILES string of the molecule is COc1cccc(C2(O)CCN(C(=O)Nc3cc(Cl)c(Cl)c(Cl)c3)CC2CN(C)C)c1.Cl. The number of anilines is 1. The monoisotopic (exact) mass is 521 g/mol. The molecule has 1 aliphatic heterocycles. The van der Waals surface area contributed by atoms with Gasteiger partial charge in [0, 0.05) is 31.2 Å². The van der Waals surface area contributed by atoms with Gasteiger partial charge >= 0.3 is 6.03 Å². The number of piperidine rings is 1. The minimum atomic E-state index is -1.08. The fraction of sp³-hybridized carbons (Fsp3) is 0.409. The molecule has 0 bridgehead atoms. The maximum Gasteiger partial charge on any atom is 0.321 e. The molecule has 6 nitrogen and oxygen atoms in total. The Labute approximate surface area is 209 Å². The number of urea groups is 1. The lowest BCUT2D eigenvalue weighted by Crippen LogP contribution is -2.55. The van der Waals surface area contributed by atoms with Crippen molar-refractivity contribution in [3.63, 3.8) is 0 Å². The summed E-state index contributed by atoms with van der Waals surface area (Å²) in [6, 6.07) is 10.3. The number of nitrogens with one attached hydrogen (secondary N) is 1. The summed E-state index contributed by atoms with van der Waals surface area (Å²) in [6.45, 7) is 1.38. The minimum Gasteiger partial charge on any atom is -0.497 e. The molecule has 2 unspecified atom stereocenters. The fourth-order valence-electron chi connectivity index (χ4n) is 3.95. The van der Waals surface area contributed by atoms with Gasteiger partial charge in [-0.15, -0.1) is 12.4 Å². The first-order valence-corrected chi connectivity index (χ1v) is 11.0. The van der Waals surface area contributed by atoms with Crippen LogP contribution in [-0.2, 0) is 5.60 Å². The number of carbonyl (C=O) groups excluding carboxylic acids is 1. The molecular weight excluding hydrogens is 496 g/mol. The van der Waals surface area contributed by atoms with Crippen LogP contribution in [0.1, 0.15) is 12.0 Å². The molecule has 0 saturated carbocycles. The lowest BCUT2D eigenvalue weighted by molar-refractivity contribution is -0.0750. The van der Waals surface area contributed by atoms with Crippen LogP contribution in [0.3, 0.4) is 0 Å². The molecule has 2 aromatic rings. The number of aliphatic hydroxyl groups is 1. The first kappa shape index (κ1) is 26.8. The average molecular weight is 523 g/mol. The van der Waals surface area contributed by atoms with E-state index in [1.54, 1.807) is 24.1 Å². The van der Waals surface area contributed by atoms with Gasteiger partial charge in [-0.25, -0.2) is 4.79 Å². The predicted octanol–water partition coefficient (Wildman–Crippen LogP) is 5.38. The van der Waals surface area contributed by atoms with Crippen LogP contribution in [0.2, 0.25) is 15.1 Å². The van der Waals surface area contributed by atoms with Gasteiger partial charge in [0.05, 0.1) is 27.8 Å². The molecule has 1 aliphatic rings. The molecule has 2 amide bonds. The summed E-state index contributed by atoms with van der Waals surface area (Å²) < 4.78 is 5.33. The van der Waals surface area contributed by atoms with Crippen molar-refractivity contribution in [2.75, 3.05) is 46.2 Å². The standard InChI is InChI=1S/C22H26Cl3N3O3.ClH/c1-27(2)12-15-13-28(21(29)26-16-10-18(23)20(25)19(24)11-16)8-7-22(15,30)14-5-4-6-17(9-14)31-3;/h4-6,9-11,15,30H,7-8,12-13H2,1-3H3,(H,26,29);1H. The molecule has 176 valence electrons. The van der Waals surface area contributed by atoms with Crippen LogP contribution in [-0.4, -0.2) is 61.8 Å². The Hall–Kier alpha value is -1.41. The molecule has 32 heavy (non-hydrogen) atoms. The van der Waals surface area contributed by atoms with E-state index in [0.29, 0.717) is 37.5 Å². The number of halogens is 4. The second-order valence-electron chi connectivity index (χ2n) is 8.00. The number of nitrogens with zero attached hydrogens (tertiary/aromatic N) is 2. The largest absolute Gasteiger partial charge is 0.497 e. The van der Waals surface area contributed by atoms with Crippen LogP contribution < -0.4 is 10.1 Å². The molecule has 1 heterocycles. The van der Waals surface area contributed by atoms with Crippen molar-refractivity contribution in [3.05, 3.63) is 57.0 Å². The van der Waals surface area contributed by atoms with E-state index in [1.165, 1.54) is 0 Å². The summed E-state index contributed by atoms with van der Waals surface area (Å²) in [7, 11) is 5.49. The molecule has 0 spiro atoms. The zero-order valence-corrected chi connectivity index (χ0v) is 21.2. The summed E-state index contributed by atoms with van der Waals surface area (Å²) in [5, 5.41) is 15.3. The number of benzene rings is 2. The summed E-state index contributed by atoms with van der Waals surface area (Å²) in [5.74, 6) is 0.484. The molecule has 1 fully saturated rings. The summed E-state index contributed by atoms with van der Waals surface area (Å²) in [5.41, 5.74) is 0.167. The fourth-order valence-corrected chi connectivity index (χ4v) is 4.55. The molecule has 2 aromatic carbocycles. The smallest absolute Gasteiger partial charge is 0.321 e. The molecule has 0 radical (unpaired) electrons. The second-order valence-corrected chi connectivity index (χ2v) is 9.19. The Kier molecular flexibility index (Phi) is 9.35. The number of carbonyl (C=O) groups is 1. The van der Waals surface area contributed by atoms with E-state index >= 15 is 0 Å². The molecule has 0 aliphatic carbocycles. The van der Waals surface area contributed by atoms with E-state index in [0.717, 1.165) is 5.56 Å². The average Bonchev–Trinajstić information content (AvgIpc) is 2.73. The Morgan fingerprint density at radius 2 is 1.91 bits per heavy atom. The number of methoxy groups -OCH3 is 1. The van der Waals surface area contributed by atoms with E-state index in [4.69, 9.17) is 39.5 Å². The van der Waals surface area contributed by atoms with E-state index < -0.39 is 5.60 Å². The van der Waals surface area contributed by atoms with E-state index in [9.17, 15) is 9.90 Å². The molecule has 3 rings (SSSR count). The van der Waals surface area contributed by atoms with Crippen molar-refractivity contribution in [1.29, 1.82) is 0 Å². The van der Waals surface area contributed by atoms with Crippen LogP contribution in [0.25, 0.3) is 0 Å². The Balaban J connectivity index is 0.00000363. The van der Waals surface area contributed by atoms with Gasteiger partial charge in [0.2, 0.25) is 0 Å². The third-order valence-corrected chi connectivity index (χ3v) is 6.75. The molecule has 1 saturated heterocycles. The normalized spacial score (nSPS) is 20.6. The molecule has 0 aromatic heterocycles. The van der Waals surface area contributed by atoms with Crippen molar-refractivity contribution in [2.24, 2.45) is 5.92 Å². The van der Waals surface area contributed by atoms with Gasteiger partial charge < -0.3 is 25.0 Å². The number of ether oxygens (including phenoxy) is 1. The van der Waals surface area contributed by atoms with Gasteiger partial charge in [-0.3, -0.25) is 0 Å². The summed E-state index contributed by atoms with van der Waals surface area (Å²) in [6.07, 6.45) is 0.397. The van der Waals surface area contributed by atoms with Crippen molar-refractivity contribution >= 4 is 58.9 Å². The first-order chi connectivity index (χ1) is 14.6. The zero-order chi connectivity index (χ0) is 22.8. The third-order valence-electron chi connectivity index (χ3n) is 5.56. The van der Waals surface area contributed by atoms with Gasteiger partial charge in [0.15, 0.2) is 0 Å². The topological polar surface area (TPSA) is 65.0 Å². The van der Waals surface area contributed by atoms with Crippen molar-refractivity contribution in [3.8, 4) is 5.75 Å². The lowest BCUT2D eigenvalue weighted by Gasteiger charge is -2.45. The maximum absolute atomic E-state index is 12.9. The van der Waals surface area contributed by atoms with Crippen LogP contribution >= 0.6 is 47.2 Å². The number of amides is 2. The Bertz CT molecular complexity index is 937. The van der Waals surface area contributed by atoms with Crippen LogP contribution in [0.15, 0.2) is 36.4 Å². The lowest BCUT2D eigenvalue weighted by atomic mass is 9.75. The molecule has 10 heteroatoms. The van der Waals surface area contributed by atoms with Crippen LogP contribution in [0.4, 0.5) is 10.5 Å². The van der Waals surface area contributed by atoms with Crippen molar-refractivity contribution in [2.45, 2.75) is 12.0 Å². The van der Waals surface area contributed by atoms with Gasteiger partial charge in [-0.05, 0) is 50.3 Å². The molecule has 2 atom stereocenters. The highest BCUT2D eigenvalue weighted by molar-refractivity contribution is 6.48. The van der Waals surface area contributed by atoms with E-state index in [2.05, 4.69) is 5.32 Å². The van der Waals surface area contributed by atoms with Gasteiger partial charge in [0.25, 0.3) is 0 Å². The van der Waals surface area contributed by atoms with Crippen molar-refractivity contribution in [1.82, 2.24) is 9.80 Å². The van der Waals surface area contributed by atoms with E-state index in [1.807, 2.05) is 43.3 Å². The summed E-state index contributed by atoms with van der Waals surface area (Å²) in [4.78, 5) is 16.6. The first-order valence-electron chi connectivity index (χ1n) is 9.86. The minimum absolute atomic E-state index is 0.